The van der Waals surface area contributed by atoms with Gasteiger partial charge in [0.05, 0.1) is 24.0 Å². The number of amides is 2. The Morgan fingerprint density at radius 1 is 1.21 bits per heavy atom. The van der Waals surface area contributed by atoms with Gasteiger partial charge in [0.2, 0.25) is 11.8 Å². The monoisotopic (exact) mass is 486 g/mol. The fourth-order valence-corrected chi connectivity index (χ4v) is 9.91. The molecule has 7 atom stereocenters. The molecule has 2 bridgehead atoms. The van der Waals surface area contributed by atoms with Gasteiger partial charge in [0.15, 0.2) is 0 Å². The van der Waals surface area contributed by atoms with E-state index in [0.717, 1.165) is 32.5 Å². The van der Waals surface area contributed by atoms with Crippen LogP contribution in [0.15, 0.2) is 34.1 Å². The number of ether oxygens (including phenoxy) is 1. The average molecular weight is 487 g/mol. The average Bonchev–Trinajstić information content (AvgIpc) is 3.48. The van der Waals surface area contributed by atoms with Crippen molar-refractivity contribution in [2.45, 2.75) is 29.0 Å². The Morgan fingerprint density at radius 3 is 2.58 bits per heavy atom. The van der Waals surface area contributed by atoms with Gasteiger partial charge in [0.25, 0.3) is 0 Å². The molecule has 6 rings (SSSR count). The number of imide groups is 1. The van der Waals surface area contributed by atoms with Gasteiger partial charge < -0.3 is 14.8 Å². The Balaban J connectivity index is 1.48. The smallest absolute Gasteiger partial charge is 0.323 e. The van der Waals surface area contributed by atoms with E-state index >= 15 is 0 Å². The van der Waals surface area contributed by atoms with Gasteiger partial charge in [0.1, 0.15) is 12.3 Å². The van der Waals surface area contributed by atoms with Crippen molar-refractivity contribution in [1.82, 2.24) is 9.88 Å². The first kappa shape index (κ1) is 21.0. The number of rotatable bonds is 4. The zero-order valence-electron chi connectivity index (χ0n) is 17.9. The van der Waals surface area contributed by atoms with Crippen molar-refractivity contribution in [2.24, 2.45) is 29.6 Å². The number of aromatic nitrogens is 1. The quantitative estimate of drug-likeness (QED) is 0.638. The lowest BCUT2D eigenvalue weighted by molar-refractivity contribution is -0.149. The SMILES string of the molecule is COc1ccc([C@@H]2c3sc(=O)[nH]c3S[C@]3(C)[C@@H]2[C@@H]2C[C@H]3[C@H]3C(=O)N(CC(=O)O)C(=O)[C@H]23)cc1. The van der Waals surface area contributed by atoms with Crippen LogP contribution in [-0.2, 0) is 14.4 Å². The van der Waals surface area contributed by atoms with Crippen LogP contribution in [-0.4, -0.2) is 51.2 Å². The Bertz CT molecular complexity index is 1250. The lowest BCUT2D eigenvalue weighted by Crippen LogP contribution is -2.50. The maximum atomic E-state index is 13.2. The number of nitrogens with one attached hydrogen (secondary N) is 1. The van der Waals surface area contributed by atoms with Crippen LogP contribution in [0.25, 0.3) is 0 Å². The van der Waals surface area contributed by atoms with Gasteiger partial charge in [0, 0.05) is 15.5 Å². The van der Waals surface area contributed by atoms with Gasteiger partial charge in [-0.25, -0.2) is 0 Å². The third kappa shape index (κ3) is 2.70. The molecule has 33 heavy (non-hydrogen) atoms. The van der Waals surface area contributed by atoms with Gasteiger partial charge in [-0.05, 0) is 48.8 Å². The molecule has 3 fully saturated rings. The van der Waals surface area contributed by atoms with Crippen molar-refractivity contribution < 1.29 is 24.2 Å². The number of carboxylic acids is 1. The first-order chi connectivity index (χ1) is 15.7. The second-order valence-electron chi connectivity index (χ2n) is 9.48. The van der Waals surface area contributed by atoms with E-state index in [-0.39, 0.29) is 45.1 Å². The van der Waals surface area contributed by atoms with Crippen LogP contribution >= 0.6 is 23.1 Å². The zero-order chi connectivity index (χ0) is 23.2. The van der Waals surface area contributed by atoms with Gasteiger partial charge in [-0.1, -0.05) is 23.5 Å². The van der Waals surface area contributed by atoms with E-state index in [1.54, 1.807) is 18.9 Å². The molecule has 10 heteroatoms. The van der Waals surface area contributed by atoms with Crippen LogP contribution in [0.5, 0.6) is 5.75 Å². The summed E-state index contributed by atoms with van der Waals surface area (Å²) in [5.74, 6) is -2.28. The van der Waals surface area contributed by atoms with Crippen LogP contribution in [0.4, 0.5) is 0 Å². The highest BCUT2D eigenvalue weighted by molar-refractivity contribution is 8.00. The van der Waals surface area contributed by atoms with E-state index < -0.39 is 24.3 Å². The summed E-state index contributed by atoms with van der Waals surface area (Å²) in [5, 5.41) is 10.1. The Hall–Kier alpha value is -2.59. The van der Waals surface area contributed by atoms with Crippen LogP contribution in [0.3, 0.4) is 0 Å². The number of hydrogen-bond donors (Lipinski definition) is 2. The molecule has 0 radical (unpaired) electrons. The number of fused-ring (bicyclic) bond motifs is 9. The third-order valence-electron chi connectivity index (χ3n) is 8.14. The highest BCUT2D eigenvalue weighted by Crippen LogP contribution is 2.73. The first-order valence-corrected chi connectivity index (χ1v) is 12.5. The van der Waals surface area contributed by atoms with Crippen LogP contribution in [0.2, 0.25) is 0 Å². The molecular formula is C23H22N2O6S2. The second-order valence-corrected chi connectivity index (χ2v) is 12.0. The van der Waals surface area contributed by atoms with Crippen molar-refractivity contribution >= 4 is 40.9 Å². The molecule has 2 aliphatic carbocycles. The number of methoxy groups -OCH3 is 1. The molecule has 0 spiro atoms. The number of carbonyl (C=O) groups is 3. The molecule has 2 aliphatic heterocycles. The highest BCUT2D eigenvalue weighted by Gasteiger charge is 2.73. The van der Waals surface area contributed by atoms with Crippen molar-refractivity contribution in [3.05, 3.63) is 44.4 Å². The normalized spacial score (nSPS) is 36.0. The molecule has 2 amide bonds. The van der Waals surface area contributed by atoms with E-state index in [2.05, 4.69) is 11.9 Å². The number of carboxylic acid groups (broad SMARTS) is 1. The predicted molar refractivity (Wildman–Crippen MR) is 120 cm³/mol. The Labute approximate surface area is 197 Å². The summed E-state index contributed by atoms with van der Waals surface area (Å²) in [6.45, 7) is 1.57. The van der Waals surface area contributed by atoms with E-state index in [9.17, 15) is 24.3 Å². The largest absolute Gasteiger partial charge is 0.497 e. The first-order valence-electron chi connectivity index (χ1n) is 10.9. The minimum Gasteiger partial charge on any atom is -0.497 e. The minimum atomic E-state index is -1.18. The number of nitrogens with zero attached hydrogens (tertiary/aromatic N) is 1. The number of thiazole rings is 1. The van der Waals surface area contributed by atoms with Crippen molar-refractivity contribution in [3.8, 4) is 5.75 Å². The molecule has 2 saturated carbocycles. The molecule has 1 aromatic heterocycles. The predicted octanol–water partition coefficient (Wildman–Crippen LogP) is 2.39. The molecule has 1 saturated heterocycles. The van der Waals surface area contributed by atoms with Gasteiger partial charge in [-0.2, -0.15) is 0 Å². The van der Waals surface area contributed by atoms with Crippen LogP contribution in [0.1, 0.15) is 29.7 Å². The summed E-state index contributed by atoms with van der Waals surface area (Å²) < 4.78 is 4.96. The lowest BCUT2D eigenvalue weighted by atomic mass is 9.63. The fourth-order valence-electron chi connectivity index (χ4n) is 7.04. The summed E-state index contributed by atoms with van der Waals surface area (Å²) in [6.07, 6.45) is 0.758. The molecule has 2 N–H and O–H groups in total. The standard InChI is InChI=1S/C23H22N2O6S2/c1-23-12-7-11(15-16(12)21(29)25(20(15)28)8-13(26)27)17(23)14(9-3-5-10(31-2)6-4-9)18-19(33-23)24-22(30)32-18/h3-6,11-12,14-17H,7-8H2,1-2H3,(H,24,30)(H,26,27)/t11-,12+,14+,15-,16-,17-,23+/m1/s1. The van der Waals surface area contributed by atoms with Crippen molar-refractivity contribution in [2.75, 3.05) is 13.7 Å². The topological polar surface area (TPSA) is 117 Å². The maximum absolute atomic E-state index is 13.2. The van der Waals surface area contributed by atoms with E-state index in [4.69, 9.17) is 4.74 Å². The number of aliphatic carboxylic acids is 1. The van der Waals surface area contributed by atoms with E-state index in [1.165, 1.54) is 11.3 Å². The molecule has 0 unspecified atom stereocenters. The number of thioether (sulfide) groups is 1. The number of likely N-dealkylation sites (tertiary alicyclic amines) is 1. The van der Waals surface area contributed by atoms with Crippen molar-refractivity contribution in [1.29, 1.82) is 0 Å². The summed E-state index contributed by atoms with van der Waals surface area (Å²) in [7, 11) is 1.61. The molecule has 1 aromatic carbocycles. The van der Waals surface area contributed by atoms with Gasteiger partial charge in [-0.3, -0.25) is 24.1 Å². The molecule has 172 valence electrons. The third-order valence-corrected chi connectivity index (χ3v) is 10.8. The Kier molecular flexibility index (Phi) is 4.42. The van der Waals surface area contributed by atoms with Crippen LogP contribution < -0.4 is 9.61 Å². The molecular weight excluding hydrogens is 464 g/mol. The van der Waals surface area contributed by atoms with Gasteiger partial charge >= 0.3 is 10.8 Å². The second kappa shape index (κ2) is 6.96. The summed E-state index contributed by atoms with van der Waals surface area (Å²) in [4.78, 5) is 54.9. The zero-order valence-corrected chi connectivity index (χ0v) is 19.6. The lowest BCUT2D eigenvalue weighted by Gasteiger charge is -2.50. The maximum Gasteiger partial charge on any atom is 0.323 e. The minimum absolute atomic E-state index is 0.0441. The fraction of sp³-hybridized carbons (Fsp3) is 0.478. The van der Waals surface area contributed by atoms with Gasteiger partial charge in [-0.15, -0.1) is 11.8 Å². The summed E-state index contributed by atoms with van der Waals surface area (Å²) in [6, 6.07) is 7.82. The molecule has 2 aromatic rings. The molecule has 4 aliphatic rings. The number of hydrogen-bond acceptors (Lipinski definition) is 7. The van der Waals surface area contributed by atoms with Crippen molar-refractivity contribution in [3.63, 3.8) is 0 Å². The molecule has 8 nitrogen and oxygen atoms in total. The summed E-state index contributed by atoms with van der Waals surface area (Å²) >= 11 is 2.83. The number of benzene rings is 1. The molecule has 3 heterocycles. The number of aromatic amines is 1. The number of H-pyrrole nitrogens is 1. The van der Waals surface area contributed by atoms with E-state index in [1.807, 2.05) is 24.3 Å². The number of carbonyl (C=O) groups excluding carboxylic acids is 2. The summed E-state index contributed by atoms with van der Waals surface area (Å²) in [5.41, 5.74) is 1.05. The highest BCUT2D eigenvalue weighted by atomic mass is 32.2. The van der Waals surface area contributed by atoms with Crippen LogP contribution in [0, 0.1) is 29.6 Å². The Morgan fingerprint density at radius 2 is 1.91 bits per heavy atom. The van der Waals surface area contributed by atoms with E-state index in [0.29, 0.717) is 0 Å².